The van der Waals surface area contributed by atoms with E-state index >= 15 is 0 Å². The van der Waals surface area contributed by atoms with Crippen LogP contribution >= 0.6 is 22.7 Å². The molecule has 0 radical (unpaired) electrons. The average Bonchev–Trinajstić information content (AvgIpc) is 3.83. The van der Waals surface area contributed by atoms with Gasteiger partial charge in [0.1, 0.15) is 47.5 Å². The molecular formula is C63H57N17O7S2. The Morgan fingerprint density at radius 3 is 1.34 bits per heavy atom. The Morgan fingerprint density at radius 2 is 0.944 bits per heavy atom. The Labute approximate surface area is 518 Å². The topological polar surface area (TPSA) is 351 Å². The van der Waals surface area contributed by atoms with Crippen LogP contribution < -0.4 is 26.6 Å². The molecule has 6 heterocycles. The van der Waals surface area contributed by atoms with Crippen molar-refractivity contribution in [1.29, 1.82) is 10.5 Å². The highest BCUT2D eigenvalue weighted by Crippen LogP contribution is 2.35. The molecule has 3 atom stereocenters. The predicted molar refractivity (Wildman–Crippen MR) is 325 cm³/mol. The molecule has 0 fully saturated rings. The molecule has 24 nitrogen and oxygen atoms in total. The number of tetrazole rings is 1. The number of H-pyrrole nitrogens is 1. The predicted octanol–water partition coefficient (Wildman–Crippen LogP) is 7.50. The molecule has 5 amide bonds. The minimum Gasteiger partial charge on any atom is -0.464 e. The van der Waals surface area contributed by atoms with Crippen molar-refractivity contribution in [3.63, 3.8) is 0 Å². The van der Waals surface area contributed by atoms with E-state index in [1.807, 2.05) is 53.2 Å². The van der Waals surface area contributed by atoms with Gasteiger partial charge in [0.15, 0.2) is 5.69 Å². The fourth-order valence-electron chi connectivity index (χ4n) is 10.4. The lowest BCUT2D eigenvalue weighted by molar-refractivity contribution is 0.0593. The summed E-state index contributed by atoms with van der Waals surface area (Å²) in [7, 11) is 1.25. The van der Waals surface area contributed by atoms with Gasteiger partial charge in [-0.25, -0.2) is 34.7 Å². The van der Waals surface area contributed by atoms with E-state index in [1.165, 1.54) is 47.7 Å². The second-order valence-electron chi connectivity index (χ2n) is 20.7. The van der Waals surface area contributed by atoms with E-state index in [4.69, 9.17) is 10.5 Å². The lowest BCUT2D eigenvalue weighted by Gasteiger charge is -2.14. The number of nitriles is 2. The van der Waals surface area contributed by atoms with E-state index < -0.39 is 5.97 Å². The fourth-order valence-corrected chi connectivity index (χ4v) is 12.1. The van der Waals surface area contributed by atoms with Crippen LogP contribution in [0.1, 0.15) is 180 Å². The normalized spacial score (nSPS) is 14.7. The Hall–Kier alpha value is -10.8. The van der Waals surface area contributed by atoms with Crippen molar-refractivity contribution in [3.8, 4) is 23.5 Å². The number of aromatic amines is 1. The van der Waals surface area contributed by atoms with Gasteiger partial charge in [0.25, 0.3) is 29.5 Å². The maximum atomic E-state index is 12.9. The fraction of sp³-hybridized carbons (Fsp3) is 0.254. The van der Waals surface area contributed by atoms with Crippen LogP contribution in [0.25, 0.3) is 11.4 Å². The van der Waals surface area contributed by atoms with Crippen molar-refractivity contribution in [3.05, 3.63) is 214 Å². The van der Waals surface area contributed by atoms with Crippen LogP contribution in [0.3, 0.4) is 0 Å². The number of aromatic nitrogens is 10. The van der Waals surface area contributed by atoms with Gasteiger partial charge in [-0.1, -0.05) is 38.1 Å². The lowest BCUT2D eigenvalue weighted by atomic mass is 10.0. The van der Waals surface area contributed by atoms with Gasteiger partial charge in [0.2, 0.25) is 5.82 Å². The number of carbonyl (C=O) groups is 6. The number of aryl methyl sites for hydroxylation is 5. The molecule has 6 aromatic heterocycles. The number of rotatable bonds is 16. The summed E-state index contributed by atoms with van der Waals surface area (Å²) >= 11 is 3.34. The molecule has 3 aliphatic carbocycles. The van der Waals surface area contributed by atoms with E-state index in [0.29, 0.717) is 30.0 Å². The molecular weight excluding hydrogens is 1170 g/mol. The van der Waals surface area contributed by atoms with Gasteiger partial charge in [-0.3, -0.25) is 24.0 Å². The number of carbonyl (C=O) groups excluding carboxylic acids is 6. The summed E-state index contributed by atoms with van der Waals surface area (Å²) < 4.78 is 4.59. The van der Waals surface area contributed by atoms with Crippen LogP contribution in [0, 0.1) is 22.7 Å². The van der Waals surface area contributed by atoms with Crippen molar-refractivity contribution in [1.82, 2.24) is 77.1 Å². The van der Waals surface area contributed by atoms with Crippen molar-refractivity contribution < 1.29 is 33.5 Å². The highest BCUT2D eigenvalue weighted by molar-refractivity contribution is 7.10. The number of methoxy groups -OCH3 is 1. The molecule has 0 bridgehead atoms. The number of nitrogens with zero attached hydrogens (tertiary/aromatic N) is 11. The molecule has 0 saturated carbocycles. The highest BCUT2D eigenvalue weighted by atomic mass is 32.1. The first-order valence-electron chi connectivity index (χ1n) is 28.4. The van der Waals surface area contributed by atoms with Crippen LogP contribution in [0.2, 0.25) is 0 Å². The van der Waals surface area contributed by atoms with Crippen molar-refractivity contribution in [2.24, 2.45) is 0 Å². The second kappa shape index (κ2) is 28.6. The van der Waals surface area contributed by atoms with Crippen LogP contribution in [0.4, 0.5) is 0 Å². The van der Waals surface area contributed by atoms with Gasteiger partial charge in [-0.15, -0.1) is 32.9 Å². The summed E-state index contributed by atoms with van der Waals surface area (Å²) in [6.07, 6.45) is 10.3. The summed E-state index contributed by atoms with van der Waals surface area (Å²) in [5.41, 5.74) is 11.3. The largest absolute Gasteiger partial charge is 0.464 e. The minimum absolute atomic E-state index is 0.0307. The van der Waals surface area contributed by atoms with Crippen LogP contribution in [-0.2, 0) is 49.9 Å². The maximum absolute atomic E-state index is 12.9. The third-order valence-electron chi connectivity index (χ3n) is 15.0. The molecule has 448 valence electrons. The third kappa shape index (κ3) is 15.1. The maximum Gasteiger partial charge on any atom is 0.356 e. The Kier molecular flexibility index (Phi) is 19.7. The average molecular weight is 1230 g/mol. The first kappa shape index (κ1) is 61.3. The van der Waals surface area contributed by atoms with E-state index in [0.717, 1.165) is 108 Å². The van der Waals surface area contributed by atoms with Crippen LogP contribution in [0.15, 0.2) is 115 Å². The minimum atomic E-state index is -0.623. The molecule has 3 aromatic carbocycles. The number of thiophene rings is 2. The number of hydrogen-bond acceptors (Lipinski definition) is 20. The quantitative estimate of drug-likeness (QED) is 0.0510. The van der Waals surface area contributed by atoms with Gasteiger partial charge < -0.3 is 31.3 Å². The zero-order chi connectivity index (χ0) is 62.4. The van der Waals surface area contributed by atoms with Crippen LogP contribution in [-0.4, -0.2) is 93.1 Å². The molecule has 9 aromatic rings. The molecule has 0 spiro atoms. The van der Waals surface area contributed by atoms with Gasteiger partial charge >= 0.3 is 5.97 Å². The van der Waals surface area contributed by atoms with Gasteiger partial charge in [-0.2, -0.15) is 15.7 Å². The van der Waals surface area contributed by atoms with Crippen LogP contribution in [0.5, 0.6) is 0 Å². The summed E-state index contributed by atoms with van der Waals surface area (Å²) in [4.78, 5) is 101. The lowest BCUT2D eigenvalue weighted by Crippen LogP contribution is -2.29. The number of benzene rings is 3. The molecule has 3 aliphatic rings. The number of amides is 5. The van der Waals surface area contributed by atoms with Gasteiger partial charge in [-0.05, 0) is 154 Å². The van der Waals surface area contributed by atoms with E-state index in [1.54, 1.807) is 34.8 Å². The van der Waals surface area contributed by atoms with Crippen molar-refractivity contribution in [2.75, 3.05) is 7.11 Å². The molecule has 26 heteroatoms. The summed E-state index contributed by atoms with van der Waals surface area (Å²) in [6.45, 7) is 5.00. The van der Waals surface area contributed by atoms with E-state index in [9.17, 15) is 28.8 Å². The summed E-state index contributed by atoms with van der Waals surface area (Å²) in [5, 5.41) is 50.7. The van der Waals surface area contributed by atoms with Crippen molar-refractivity contribution in [2.45, 2.75) is 96.4 Å². The standard InChI is InChI=1S/C23H22N8O2S.C23H21N5O2S.C17H14N4O3/c1-2-16-7-13(11-34-16)10-24-22(32)19-9-20(26-12-25-19)23(33)27-18-6-4-14-8-15(3-5-17(14)18)21-28-30-31-29-21;1-2-17-8-15(12-31-17)11-25-22(29)20-9-21(27-13-26-20)23(30)28-19-6-4-16-7-14(10-24)3-5-18(16)19;1-24-17(23)15-7-14(19-9-20-15)16(22)21-13-5-3-11-6-10(8-18)2-4-12(11)13/h3,5,7-9,11-12,18H,2,4,6,10H2,1H3,(H,24,32)(H,27,33)(H,28,29,30,31);3,5,7-9,12-13,19H,2,4,6,11H2,1H3,(H,25,29)(H,28,30);2,4,6-7,9,13H,3,5H2,1H3,(H,21,22)/t18-;19-;13-/m000/s1. The van der Waals surface area contributed by atoms with Gasteiger partial charge in [0, 0.05) is 46.6 Å². The number of esters is 1. The highest BCUT2D eigenvalue weighted by Gasteiger charge is 2.29. The van der Waals surface area contributed by atoms with Crippen molar-refractivity contribution >= 4 is 58.2 Å². The molecule has 6 N–H and O–H groups in total. The Morgan fingerprint density at radius 1 is 0.539 bits per heavy atom. The third-order valence-corrected chi connectivity index (χ3v) is 17.3. The second-order valence-corrected chi connectivity index (χ2v) is 22.7. The molecule has 89 heavy (non-hydrogen) atoms. The number of fused-ring (bicyclic) bond motifs is 3. The zero-order valence-corrected chi connectivity index (χ0v) is 50.0. The van der Waals surface area contributed by atoms with Gasteiger partial charge in [0.05, 0.1) is 48.5 Å². The molecule has 0 unspecified atom stereocenters. The number of hydrogen-bond donors (Lipinski definition) is 6. The first-order valence-corrected chi connectivity index (χ1v) is 30.1. The SMILES string of the molecule is CCc1cc(CNC(=O)c2cc(C(=O)N[C@H]3CCc4cc(-c5nn[nH]n5)ccc43)ncn2)cs1.CCc1cc(CNC(=O)c2cc(C(=O)N[C@H]3CCc4cc(C#N)ccc43)ncn2)cs1.COC(=O)c1cc(C(=O)N[C@H]2CCc3cc(C#N)ccc32)ncn1. The Balaban J connectivity index is 0.000000149. The van der Waals surface area contributed by atoms with E-state index in [2.05, 4.69) is 120 Å². The van der Waals surface area contributed by atoms with E-state index in [-0.39, 0.29) is 81.8 Å². The molecule has 12 rings (SSSR count). The number of nitrogens with one attached hydrogen (secondary N) is 6. The number of ether oxygens (including phenoxy) is 1. The molecule has 0 aliphatic heterocycles. The first-order chi connectivity index (χ1) is 43.3. The molecule has 0 saturated heterocycles. The smallest absolute Gasteiger partial charge is 0.356 e. The summed E-state index contributed by atoms with van der Waals surface area (Å²) in [5.74, 6) is -1.87. The monoisotopic (exact) mass is 1230 g/mol. The summed E-state index contributed by atoms with van der Waals surface area (Å²) in [6, 6.07) is 29.0. The Bertz CT molecular complexity index is 4210. The zero-order valence-electron chi connectivity index (χ0n) is 48.4.